The monoisotopic (exact) mass is 359 g/mol. The number of carbonyl (C=O) groups is 2. The number of hydrogen-bond donors (Lipinski definition) is 1. The zero-order chi connectivity index (χ0) is 17.8. The molecular weight excluding hydrogens is 342 g/mol. The third kappa shape index (κ3) is 4.28. The summed E-state index contributed by atoms with van der Waals surface area (Å²) in [5.41, 5.74) is 0.964. The Morgan fingerprint density at radius 3 is 2.36 bits per heavy atom. The number of halogens is 1. The highest BCUT2D eigenvalue weighted by molar-refractivity contribution is 6.30. The van der Waals surface area contributed by atoms with Crippen LogP contribution in [0.4, 0.5) is 5.82 Å². The second kappa shape index (κ2) is 7.53. The van der Waals surface area contributed by atoms with Crippen LogP contribution < -0.4 is 4.90 Å². The highest BCUT2D eigenvalue weighted by Gasteiger charge is 2.22. The Labute approximate surface area is 150 Å². The number of nitrogens with zero attached hydrogens (tertiary/aromatic N) is 3. The van der Waals surface area contributed by atoms with E-state index in [4.69, 9.17) is 16.7 Å². The van der Waals surface area contributed by atoms with Crippen molar-refractivity contribution >= 4 is 29.3 Å². The van der Waals surface area contributed by atoms with E-state index in [9.17, 15) is 9.59 Å². The third-order valence-corrected chi connectivity index (χ3v) is 4.43. The standard InChI is InChI=1S/C18H18ClN3O3/c19-14-6-4-13(5-7-14)12-17(23)22-10-8-21(9-11-22)16-3-1-2-15(20-16)18(24)25/h1-7H,8-12H2,(H,24,25). The Hall–Kier alpha value is -2.60. The molecule has 25 heavy (non-hydrogen) atoms. The first-order chi connectivity index (χ1) is 12.0. The summed E-state index contributed by atoms with van der Waals surface area (Å²) in [6.45, 7) is 2.43. The van der Waals surface area contributed by atoms with Crippen molar-refractivity contribution in [2.75, 3.05) is 31.1 Å². The van der Waals surface area contributed by atoms with Crippen LogP contribution in [0.2, 0.25) is 5.02 Å². The van der Waals surface area contributed by atoms with Crippen molar-refractivity contribution in [2.45, 2.75) is 6.42 Å². The average Bonchev–Trinajstić information content (AvgIpc) is 2.64. The van der Waals surface area contributed by atoms with Crippen LogP contribution in [0.15, 0.2) is 42.5 Å². The van der Waals surface area contributed by atoms with Gasteiger partial charge in [0.05, 0.1) is 6.42 Å². The normalized spacial score (nSPS) is 14.4. The van der Waals surface area contributed by atoms with Gasteiger partial charge in [0.2, 0.25) is 5.91 Å². The molecular formula is C18H18ClN3O3. The van der Waals surface area contributed by atoms with Gasteiger partial charge in [-0.05, 0) is 29.8 Å². The highest BCUT2D eigenvalue weighted by Crippen LogP contribution is 2.16. The van der Waals surface area contributed by atoms with Gasteiger partial charge in [0.1, 0.15) is 5.82 Å². The first-order valence-electron chi connectivity index (χ1n) is 8.00. The summed E-state index contributed by atoms with van der Waals surface area (Å²) in [6, 6.07) is 12.2. The molecule has 1 fully saturated rings. The minimum atomic E-state index is -1.04. The lowest BCUT2D eigenvalue weighted by atomic mass is 10.1. The van der Waals surface area contributed by atoms with Gasteiger partial charge in [-0.3, -0.25) is 4.79 Å². The fourth-order valence-electron chi connectivity index (χ4n) is 2.79. The first kappa shape index (κ1) is 17.2. The number of aromatic nitrogens is 1. The quantitative estimate of drug-likeness (QED) is 0.906. The van der Waals surface area contributed by atoms with Gasteiger partial charge >= 0.3 is 5.97 Å². The van der Waals surface area contributed by atoms with Crippen molar-refractivity contribution in [3.05, 3.63) is 58.7 Å². The highest BCUT2D eigenvalue weighted by atomic mass is 35.5. The van der Waals surface area contributed by atoms with Gasteiger partial charge in [0.25, 0.3) is 0 Å². The molecule has 2 aromatic rings. The minimum absolute atomic E-state index is 0.0266. The summed E-state index contributed by atoms with van der Waals surface area (Å²) < 4.78 is 0. The molecule has 0 atom stereocenters. The molecule has 7 heteroatoms. The van der Waals surface area contributed by atoms with E-state index in [1.165, 1.54) is 6.07 Å². The van der Waals surface area contributed by atoms with E-state index in [1.807, 2.05) is 21.9 Å². The molecule has 0 radical (unpaired) electrons. The summed E-state index contributed by atoms with van der Waals surface area (Å²) in [4.78, 5) is 31.4. The number of piperazine rings is 1. The number of anilines is 1. The van der Waals surface area contributed by atoms with Crippen molar-refractivity contribution < 1.29 is 14.7 Å². The van der Waals surface area contributed by atoms with Crippen LogP contribution in [0, 0.1) is 0 Å². The zero-order valence-electron chi connectivity index (χ0n) is 13.6. The lowest BCUT2D eigenvalue weighted by Crippen LogP contribution is -2.49. The van der Waals surface area contributed by atoms with Crippen molar-refractivity contribution in [1.29, 1.82) is 0 Å². The Bertz CT molecular complexity index is 771. The van der Waals surface area contributed by atoms with Crippen LogP contribution in [0.25, 0.3) is 0 Å². The fourth-order valence-corrected chi connectivity index (χ4v) is 2.92. The molecule has 1 aromatic heterocycles. The predicted octanol–water partition coefficient (Wildman–Crippen LogP) is 2.32. The molecule has 1 aromatic carbocycles. The molecule has 1 saturated heterocycles. The summed E-state index contributed by atoms with van der Waals surface area (Å²) in [5, 5.41) is 9.69. The summed E-state index contributed by atoms with van der Waals surface area (Å²) >= 11 is 5.86. The molecule has 1 aliphatic rings. The molecule has 3 rings (SSSR count). The molecule has 6 nitrogen and oxygen atoms in total. The van der Waals surface area contributed by atoms with E-state index < -0.39 is 5.97 Å². The van der Waals surface area contributed by atoms with Crippen LogP contribution in [0.5, 0.6) is 0 Å². The van der Waals surface area contributed by atoms with Crippen LogP contribution >= 0.6 is 11.6 Å². The zero-order valence-corrected chi connectivity index (χ0v) is 14.3. The van der Waals surface area contributed by atoms with E-state index in [-0.39, 0.29) is 11.6 Å². The number of carbonyl (C=O) groups excluding carboxylic acids is 1. The number of amides is 1. The SMILES string of the molecule is O=C(O)c1cccc(N2CCN(C(=O)Cc3ccc(Cl)cc3)CC2)n1. The first-order valence-corrected chi connectivity index (χ1v) is 8.38. The lowest BCUT2D eigenvalue weighted by Gasteiger charge is -2.35. The maximum Gasteiger partial charge on any atom is 0.354 e. The maximum atomic E-state index is 12.4. The third-order valence-electron chi connectivity index (χ3n) is 4.18. The molecule has 1 amide bonds. The summed E-state index contributed by atoms with van der Waals surface area (Å²) in [7, 11) is 0. The Kier molecular flexibility index (Phi) is 5.19. The van der Waals surface area contributed by atoms with Crippen molar-refractivity contribution in [2.24, 2.45) is 0 Å². The van der Waals surface area contributed by atoms with Crippen molar-refractivity contribution in [3.8, 4) is 0 Å². The van der Waals surface area contributed by atoms with Crippen molar-refractivity contribution in [1.82, 2.24) is 9.88 Å². The van der Waals surface area contributed by atoms with Crippen LogP contribution in [0.1, 0.15) is 16.1 Å². The lowest BCUT2D eigenvalue weighted by molar-refractivity contribution is -0.130. The molecule has 0 aliphatic carbocycles. The van der Waals surface area contributed by atoms with Gasteiger partial charge in [0, 0.05) is 31.2 Å². The number of carboxylic acids is 1. The molecule has 2 heterocycles. The second-order valence-corrected chi connectivity index (χ2v) is 6.29. The van der Waals surface area contributed by atoms with Gasteiger partial charge < -0.3 is 14.9 Å². The number of aromatic carboxylic acids is 1. The second-order valence-electron chi connectivity index (χ2n) is 5.86. The van der Waals surface area contributed by atoms with E-state index in [1.54, 1.807) is 24.3 Å². The fraction of sp³-hybridized carbons (Fsp3) is 0.278. The van der Waals surface area contributed by atoms with E-state index >= 15 is 0 Å². The van der Waals surface area contributed by atoms with Crippen LogP contribution in [0.3, 0.4) is 0 Å². The van der Waals surface area contributed by atoms with Gasteiger partial charge in [-0.25, -0.2) is 9.78 Å². The van der Waals surface area contributed by atoms with Gasteiger partial charge in [-0.15, -0.1) is 0 Å². The van der Waals surface area contributed by atoms with Gasteiger partial charge in [0.15, 0.2) is 5.69 Å². The van der Waals surface area contributed by atoms with Crippen molar-refractivity contribution in [3.63, 3.8) is 0 Å². The average molecular weight is 360 g/mol. The largest absolute Gasteiger partial charge is 0.477 e. The summed E-state index contributed by atoms with van der Waals surface area (Å²) in [6.07, 6.45) is 0.351. The van der Waals surface area contributed by atoms with Crippen LogP contribution in [-0.4, -0.2) is 53.0 Å². The van der Waals surface area contributed by atoms with Gasteiger partial charge in [-0.1, -0.05) is 29.8 Å². The predicted molar refractivity (Wildman–Crippen MR) is 95.1 cm³/mol. The van der Waals surface area contributed by atoms with Gasteiger partial charge in [-0.2, -0.15) is 0 Å². The van der Waals surface area contributed by atoms with E-state index in [0.29, 0.717) is 43.4 Å². The number of pyridine rings is 1. The van der Waals surface area contributed by atoms with E-state index in [2.05, 4.69) is 4.98 Å². The Balaban J connectivity index is 1.58. The number of benzene rings is 1. The van der Waals surface area contributed by atoms with E-state index in [0.717, 1.165) is 5.56 Å². The molecule has 1 N–H and O–H groups in total. The topological polar surface area (TPSA) is 73.7 Å². The molecule has 1 aliphatic heterocycles. The minimum Gasteiger partial charge on any atom is -0.477 e. The smallest absolute Gasteiger partial charge is 0.354 e. The molecule has 0 bridgehead atoms. The maximum absolute atomic E-state index is 12.4. The molecule has 0 saturated carbocycles. The molecule has 0 unspecified atom stereocenters. The Morgan fingerprint density at radius 2 is 1.72 bits per heavy atom. The summed E-state index contributed by atoms with van der Waals surface area (Å²) in [5.74, 6) is -0.336. The Morgan fingerprint density at radius 1 is 1.04 bits per heavy atom. The number of rotatable bonds is 4. The molecule has 130 valence electrons. The number of carboxylic acid groups (broad SMARTS) is 1. The molecule has 0 spiro atoms. The number of hydrogen-bond acceptors (Lipinski definition) is 4. The van der Waals surface area contributed by atoms with Crippen LogP contribution in [-0.2, 0) is 11.2 Å².